The van der Waals surface area contributed by atoms with E-state index in [-0.39, 0.29) is 85.0 Å². The molecule has 0 aliphatic heterocycles. The van der Waals surface area contributed by atoms with Crippen molar-refractivity contribution in [3.8, 4) is 23.0 Å². The van der Waals surface area contributed by atoms with Crippen LogP contribution in [-0.4, -0.2) is 91.7 Å². The van der Waals surface area contributed by atoms with Crippen LogP contribution in [0.25, 0.3) is 22.4 Å². The summed E-state index contributed by atoms with van der Waals surface area (Å²) in [6.07, 6.45) is 1.23. The highest BCUT2D eigenvalue weighted by atomic mass is 19.3. The molecule has 0 saturated heterocycles. The second-order valence-corrected chi connectivity index (χ2v) is 18.6. The molecule has 0 spiro atoms. The van der Waals surface area contributed by atoms with Gasteiger partial charge in [-0.15, -0.1) is 0 Å². The Morgan fingerprint density at radius 1 is 0.817 bits per heavy atom. The van der Waals surface area contributed by atoms with Gasteiger partial charge in [-0.1, -0.05) is 18.2 Å². The number of benzene rings is 2. The van der Waals surface area contributed by atoms with Crippen LogP contribution >= 0.6 is 0 Å². The van der Waals surface area contributed by atoms with Crippen LogP contribution in [0, 0.1) is 11.6 Å². The highest BCUT2D eigenvalue weighted by Gasteiger charge is 2.27. The van der Waals surface area contributed by atoms with Crippen molar-refractivity contribution < 1.29 is 55.7 Å². The first-order valence-corrected chi connectivity index (χ1v) is 23.5. The van der Waals surface area contributed by atoms with E-state index in [4.69, 9.17) is 23.9 Å². The minimum atomic E-state index is -2.84. The normalized spacial score (nSPS) is 12.5. The number of Topliss-reactive ketones (excluding diaryl/α,β-unsaturated/α-hetero) is 1. The van der Waals surface area contributed by atoms with E-state index in [1.54, 1.807) is 79.7 Å². The number of ether oxygens (including phenoxy) is 4. The molecule has 71 heavy (non-hydrogen) atoms. The van der Waals surface area contributed by atoms with Crippen LogP contribution in [0.2, 0.25) is 0 Å². The Bertz CT molecular complexity index is 2600. The lowest BCUT2D eigenvalue weighted by Gasteiger charge is -2.24. The Morgan fingerprint density at radius 2 is 1.52 bits per heavy atom. The molecule has 3 amide bonds. The number of pyridine rings is 1. The topological polar surface area (TPSA) is 210 Å². The standard InChI is InChI=1S/C50H63F4N9O8/c1-9-68-32-26-35(51)34(36(52)27-32)29-63-39-19-13-12-17-33(39)42(62-63)45-57-28-41(44(61-45)59-31-21-23-55-38(25-31)43(53)54)69-24-16-10-11-20-40(64)30(2)58-46(65)37(60-48(67)71-50(6,7)8)18-14-15-22-56-47(66)70-49(3,4)5/h12-13,17,19,21,23,25-28,30,37,43H,9-11,14-16,18,20,22,24,29H2,1-8H3,(H,56,66)(H,58,65)(H,60,67)(H,55,57,59,61)/t30-,37-/m0/s1. The number of nitrogens with one attached hydrogen (secondary N) is 4. The van der Waals surface area contributed by atoms with Gasteiger partial charge in [0.25, 0.3) is 6.43 Å². The number of hydrogen-bond acceptors (Lipinski definition) is 13. The number of aromatic nitrogens is 5. The first-order valence-electron chi connectivity index (χ1n) is 23.5. The van der Waals surface area contributed by atoms with E-state index in [0.29, 0.717) is 43.0 Å². The Morgan fingerprint density at radius 3 is 2.21 bits per heavy atom. The molecule has 17 nitrogen and oxygen atoms in total. The van der Waals surface area contributed by atoms with Crippen molar-refractivity contribution >= 4 is 46.3 Å². The summed E-state index contributed by atoms with van der Waals surface area (Å²) in [6.45, 7) is 14.0. The summed E-state index contributed by atoms with van der Waals surface area (Å²) in [5.41, 5.74) is -1.11. The quantitative estimate of drug-likeness (QED) is 0.0336. The third-order valence-corrected chi connectivity index (χ3v) is 10.4. The van der Waals surface area contributed by atoms with Crippen LogP contribution in [0.15, 0.2) is 60.9 Å². The van der Waals surface area contributed by atoms with E-state index < -0.39 is 65.1 Å². The summed E-state index contributed by atoms with van der Waals surface area (Å²) in [7, 11) is 0. The molecule has 5 aromatic rings. The molecular weight excluding hydrogens is 931 g/mol. The molecule has 0 saturated carbocycles. The maximum absolute atomic E-state index is 15.2. The lowest BCUT2D eigenvalue weighted by Crippen LogP contribution is -2.51. The van der Waals surface area contributed by atoms with Gasteiger partial charge in [-0.2, -0.15) is 5.10 Å². The highest BCUT2D eigenvalue weighted by molar-refractivity contribution is 5.93. The lowest BCUT2D eigenvalue weighted by atomic mass is 10.0. The maximum Gasteiger partial charge on any atom is 0.408 e. The summed E-state index contributed by atoms with van der Waals surface area (Å²) < 4.78 is 81.1. The van der Waals surface area contributed by atoms with Crippen LogP contribution in [0.5, 0.6) is 11.5 Å². The molecule has 0 bridgehead atoms. The Balaban J connectivity index is 1.21. The Labute approximate surface area is 410 Å². The number of amides is 3. The number of rotatable bonds is 24. The van der Waals surface area contributed by atoms with Crippen molar-refractivity contribution in [3.63, 3.8) is 0 Å². The molecule has 0 fully saturated rings. The van der Waals surface area contributed by atoms with Crippen molar-refractivity contribution in [3.05, 3.63) is 83.8 Å². The van der Waals surface area contributed by atoms with Gasteiger partial charge in [0.2, 0.25) is 5.91 Å². The number of unbranched alkanes of at least 4 members (excludes halogenated alkanes) is 3. The number of fused-ring (bicyclic) bond motifs is 1. The third-order valence-electron chi connectivity index (χ3n) is 10.4. The zero-order valence-corrected chi connectivity index (χ0v) is 41.3. The molecule has 0 unspecified atom stereocenters. The molecule has 21 heteroatoms. The molecule has 2 atom stereocenters. The van der Waals surface area contributed by atoms with Crippen LogP contribution in [0.1, 0.15) is 118 Å². The molecule has 0 aliphatic carbocycles. The molecule has 3 heterocycles. The fourth-order valence-electron chi connectivity index (χ4n) is 7.07. The van der Waals surface area contributed by atoms with E-state index in [9.17, 15) is 28.0 Å². The van der Waals surface area contributed by atoms with Gasteiger partial charge < -0.3 is 40.2 Å². The number of para-hydroxylation sites is 1. The first-order chi connectivity index (χ1) is 33.6. The number of ketones is 1. The zero-order chi connectivity index (χ0) is 51.9. The fourth-order valence-corrected chi connectivity index (χ4v) is 7.07. The third kappa shape index (κ3) is 17.1. The lowest BCUT2D eigenvalue weighted by molar-refractivity contribution is -0.128. The van der Waals surface area contributed by atoms with Crippen molar-refractivity contribution in [2.45, 2.75) is 137 Å². The SMILES string of the molecule is CCOc1cc(F)c(Cn2nc(-c3ncc(OCCCCCC(=O)[C@H](C)NC(=O)[C@H](CCCCNC(=O)OC(C)(C)C)NC(=O)OC(C)(C)C)c(Nc4ccnc(C(F)F)c4)n3)c3ccccc32)c(F)c1. The van der Waals surface area contributed by atoms with Gasteiger partial charge in [0.05, 0.1) is 37.5 Å². The number of nitrogens with zero attached hydrogens (tertiary/aromatic N) is 5. The van der Waals surface area contributed by atoms with E-state index in [2.05, 4.69) is 36.3 Å². The molecule has 0 aliphatic rings. The van der Waals surface area contributed by atoms with Gasteiger partial charge in [0, 0.05) is 47.9 Å². The van der Waals surface area contributed by atoms with Crippen molar-refractivity contribution in [1.82, 2.24) is 40.7 Å². The van der Waals surface area contributed by atoms with Crippen molar-refractivity contribution in [2.24, 2.45) is 0 Å². The first kappa shape index (κ1) is 54.9. The summed E-state index contributed by atoms with van der Waals surface area (Å²) in [4.78, 5) is 64.1. The van der Waals surface area contributed by atoms with Crippen LogP contribution in [0.3, 0.4) is 0 Å². The summed E-state index contributed by atoms with van der Waals surface area (Å²) in [5.74, 6) is -1.95. The number of anilines is 2. The van der Waals surface area contributed by atoms with Gasteiger partial charge in [0.1, 0.15) is 46.0 Å². The Kier molecular flexibility index (Phi) is 19.5. The summed E-state index contributed by atoms with van der Waals surface area (Å²) >= 11 is 0. The number of hydrogen-bond donors (Lipinski definition) is 4. The van der Waals surface area contributed by atoms with Crippen molar-refractivity contribution in [1.29, 1.82) is 0 Å². The molecule has 384 valence electrons. The van der Waals surface area contributed by atoms with E-state index in [1.807, 2.05) is 0 Å². The molecule has 0 radical (unpaired) electrons. The van der Waals surface area contributed by atoms with E-state index in [0.717, 1.165) is 12.1 Å². The van der Waals surface area contributed by atoms with Gasteiger partial charge in [-0.05, 0) is 112 Å². The predicted octanol–water partition coefficient (Wildman–Crippen LogP) is 9.90. The number of carbonyl (C=O) groups excluding carboxylic acids is 4. The van der Waals surface area contributed by atoms with Crippen molar-refractivity contribution in [2.75, 3.05) is 25.1 Å². The van der Waals surface area contributed by atoms with Gasteiger partial charge in [-0.25, -0.2) is 37.1 Å². The molecule has 5 rings (SSSR count). The van der Waals surface area contributed by atoms with Crippen LogP contribution in [0.4, 0.5) is 38.7 Å². The van der Waals surface area contributed by atoms with E-state index in [1.165, 1.54) is 29.2 Å². The van der Waals surface area contributed by atoms with Crippen LogP contribution in [-0.2, 0) is 25.6 Å². The Hall–Kier alpha value is -7.06. The zero-order valence-electron chi connectivity index (χ0n) is 41.3. The number of alkyl carbamates (subject to hydrolysis) is 2. The molecule has 4 N–H and O–H groups in total. The molecule has 3 aromatic heterocycles. The van der Waals surface area contributed by atoms with Gasteiger partial charge >= 0.3 is 12.2 Å². The highest BCUT2D eigenvalue weighted by Crippen LogP contribution is 2.33. The number of alkyl halides is 2. The van der Waals surface area contributed by atoms with Gasteiger partial charge in [-0.3, -0.25) is 19.3 Å². The maximum atomic E-state index is 15.2. The number of carbonyl (C=O) groups is 4. The minimum absolute atomic E-state index is 0.0599. The second-order valence-electron chi connectivity index (χ2n) is 18.6. The summed E-state index contributed by atoms with van der Waals surface area (Å²) in [5, 5.41) is 16.3. The summed E-state index contributed by atoms with van der Waals surface area (Å²) in [6, 6.07) is 10.0. The smallest absolute Gasteiger partial charge is 0.408 e. The average molecular weight is 994 g/mol. The minimum Gasteiger partial charge on any atom is -0.494 e. The predicted molar refractivity (Wildman–Crippen MR) is 258 cm³/mol. The monoisotopic (exact) mass is 993 g/mol. The average Bonchev–Trinajstić information content (AvgIpc) is 3.65. The van der Waals surface area contributed by atoms with Crippen LogP contribution < -0.4 is 30.7 Å². The van der Waals surface area contributed by atoms with E-state index >= 15 is 8.78 Å². The molecule has 2 aromatic carbocycles. The number of halogens is 4. The fraction of sp³-hybridized carbons (Fsp3) is 0.480. The van der Waals surface area contributed by atoms with Gasteiger partial charge in [0.15, 0.2) is 23.2 Å². The second kappa shape index (κ2) is 25.2. The largest absolute Gasteiger partial charge is 0.494 e. The molecular formula is C50H63F4N9O8.